The van der Waals surface area contributed by atoms with Gasteiger partial charge in [0, 0.05) is 19.7 Å². The number of para-hydroxylation sites is 1. The molecule has 1 unspecified atom stereocenters. The highest BCUT2D eigenvalue weighted by Crippen LogP contribution is 2.24. The highest BCUT2D eigenvalue weighted by atomic mass is 32.1. The summed E-state index contributed by atoms with van der Waals surface area (Å²) in [4.78, 5) is 37.5. The van der Waals surface area contributed by atoms with Crippen molar-refractivity contribution in [2.24, 2.45) is 5.92 Å². The molecule has 0 saturated carbocycles. The molecular formula is C24H28N4O5S2. The van der Waals surface area contributed by atoms with Gasteiger partial charge < -0.3 is 9.47 Å². The molecule has 0 bridgehead atoms. The van der Waals surface area contributed by atoms with Crippen LogP contribution in [0.15, 0.2) is 36.4 Å². The maximum absolute atomic E-state index is 12.7. The molecule has 0 radical (unpaired) electrons. The topological polar surface area (TPSA) is 100 Å². The highest BCUT2D eigenvalue weighted by molar-refractivity contribution is 7.81. The van der Waals surface area contributed by atoms with E-state index in [2.05, 4.69) is 10.9 Å². The van der Waals surface area contributed by atoms with Crippen molar-refractivity contribution in [3.8, 4) is 11.5 Å². The number of rotatable bonds is 7. The molecule has 0 aromatic heterocycles. The summed E-state index contributed by atoms with van der Waals surface area (Å²) in [6, 6.07) is 10.5. The number of carbonyl (C=O) groups is 3. The van der Waals surface area contributed by atoms with Crippen LogP contribution in [0.4, 0.5) is 0 Å². The summed E-state index contributed by atoms with van der Waals surface area (Å²) >= 11 is 10.9. The van der Waals surface area contributed by atoms with Crippen LogP contribution < -0.4 is 20.3 Å². The van der Waals surface area contributed by atoms with Gasteiger partial charge in [-0.1, -0.05) is 48.7 Å². The number of aryl methyl sites for hydroxylation is 1. The third-order valence-corrected chi connectivity index (χ3v) is 6.22. The molecule has 2 rings (SSSR count). The van der Waals surface area contributed by atoms with E-state index in [1.54, 1.807) is 38.4 Å². The van der Waals surface area contributed by atoms with E-state index in [9.17, 15) is 14.4 Å². The lowest BCUT2D eigenvalue weighted by Gasteiger charge is -2.26. The summed E-state index contributed by atoms with van der Waals surface area (Å²) in [5.74, 6) is -1.30. The first kappa shape index (κ1) is 27.7. The van der Waals surface area contributed by atoms with Crippen LogP contribution in [-0.4, -0.2) is 66.4 Å². The number of ether oxygens (including phenoxy) is 2. The maximum Gasteiger partial charge on any atom is 0.250 e. The number of aldehydes is 1. The van der Waals surface area contributed by atoms with Gasteiger partial charge in [-0.15, -0.1) is 0 Å². The summed E-state index contributed by atoms with van der Waals surface area (Å²) in [5.41, 5.74) is 7.39. The Balaban J connectivity index is 2.07. The molecule has 0 fully saturated rings. The van der Waals surface area contributed by atoms with Crippen molar-refractivity contribution in [1.82, 2.24) is 20.9 Å². The minimum Gasteiger partial charge on any atom is -0.496 e. The predicted octanol–water partition coefficient (Wildman–Crippen LogP) is 2.44. The highest BCUT2D eigenvalue weighted by Gasteiger charge is 2.26. The van der Waals surface area contributed by atoms with Crippen LogP contribution in [0.5, 0.6) is 11.5 Å². The number of hydrazine groups is 2. The second kappa shape index (κ2) is 12.2. The third-order valence-electron chi connectivity index (χ3n) is 5.23. The van der Waals surface area contributed by atoms with E-state index >= 15 is 0 Å². The van der Waals surface area contributed by atoms with Crippen molar-refractivity contribution < 1.29 is 23.9 Å². The minimum atomic E-state index is -1.08. The molecule has 9 nitrogen and oxygen atoms in total. The van der Waals surface area contributed by atoms with E-state index in [0.717, 1.165) is 5.56 Å². The van der Waals surface area contributed by atoms with Gasteiger partial charge in [-0.05, 0) is 31.5 Å². The van der Waals surface area contributed by atoms with Crippen molar-refractivity contribution in [1.29, 1.82) is 0 Å². The van der Waals surface area contributed by atoms with Crippen molar-refractivity contribution in [2.75, 3.05) is 28.3 Å². The molecule has 0 aliphatic carbocycles. The number of amides is 2. The lowest BCUT2D eigenvalue weighted by molar-refractivity contribution is -0.137. The predicted molar refractivity (Wildman–Crippen MR) is 140 cm³/mol. The molecule has 11 heteroatoms. The fourth-order valence-corrected chi connectivity index (χ4v) is 3.66. The zero-order chi connectivity index (χ0) is 26.3. The zero-order valence-electron chi connectivity index (χ0n) is 20.4. The normalized spacial score (nSPS) is 11.0. The van der Waals surface area contributed by atoms with Gasteiger partial charge in [0.25, 0.3) is 11.8 Å². The Kier molecular flexibility index (Phi) is 9.67. The van der Waals surface area contributed by atoms with Crippen LogP contribution in [0.2, 0.25) is 0 Å². The lowest BCUT2D eigenvalue weighted by Crippen LogP contribution is -2.51. The van der Waals surface area contributed by atoms with Crippen molar-refractivity contribution >= 4 is 52.5 Å². The number of hydrogen-bond donors (Lipinski definition) is 2. The van der Waals surface area contributed by atoms with Crippen molar-refractivity contribution in [3.05, 3.63) is 58.7 Å². The molecule has 2 aromatic rings. The number of nitrogens with zero attached hydrogens (tertiary/aromatic N) is 2. The van der Waals surface area contributed by atoms with Gasteiger partial charge in [0.2, 0.25) is 0 Å². The van der Waals surface area contributed by atoms with Crippen molar-refractivity contribution in [3.63, 3.8) is 0 Å². The van der Waals surface area contributed by atoms with E-state index in [-0.39, 0.29) is 10.6 Å². The first-order chi connectivity index (χ1) is 16.6. The maximum atomic E-state index is 12.7. The Morgan fingerprint density at radius 1 is 0.914 bits per heavy atom. The molecule has 2 aromatic carbocycles. The van der Waals surface area contributed by atoms with Crippen LogP contribution in [0.1, 0.15) is 34.0 Å². The molecule has 2 N–H and O–H groups in total. The number of hydrogen-bond acceptors (Lipinski definition) is 7. The average Bonchev–Trinajstić information content (AvgIpc) is 2.86. The SMILES string of the molecule is COc1cccc(C(=S)N(C)NC(=O)C(C)C(=O)NN(C)C(=S)c2cccc(C)c2OC)c1C=O. The van der Waals surface area contributed by atoms with Gasteiger partial charge in [0.1, 0.15) is 27.4 Å². The van der Waals surface area contributed by atoms with Gasteiger partial charge in [-0.2, -0.15) is 0 Å². The van der Waals surface area contributed by atoms with Gasteiger partial charge in [0.05, 0.1) is 25.3 Å². The largest absolute Gasteiger partial charge is 0.496 e. The third kappa shape index (κ3) is 6.31. The van der Waals surface area contributed by atoms with Crippen LogP contribution in [0.3, 0.4) is 0 Å². The molecule has 0 aliphatic rings. The molecule has 0 aliphatic heterocycles. The second-order valence-corrected chi connectivity index (χ2v) is 8.37. The number of benzene rings is 2. The molecular weight excluding hydrogens is 488 g/mol. The fraction of sp³-hybridized carbons (Fsp3) is 0.292. The molecule has 0 spiro atoms. The van der Waals surface area contributed by atoms with Gasteiger partial charge in [-0.3, -0.25) is 35.3 Å². The van der Waals surface area contributed by atoms with E-state index in [1.807, 2.05) is 19.1 Å². The van der Waals surface area contributed by atoms with Gasteiger partial charge in [-0.25, -0.2) is 0 Å². The van der Waals surface area contributed by atoms with E-state index < -0.39 is 17.7 Å². The van der Waals surface area contributed by atoms with E-state index in [1.165, 1.54) is 31.1 Å². The first-order valence-corrected chi connectivity index (χ1v) is 11.3. The molecule has 0 saturated heterocycles. The second-order valence-electron chi connectivity index (χ2n) is 7.60. The number of nitrogens with one attached hydrogen (secondary N) is 2. The molecule has 0 heterocycles. The Hall–Kier alpha value is -3.57. The van der Waals surface area contributed by atoms with Crippen LogP contribution in [0.25, 0.3) is 0 Å². The zero-order valence-corrected chi connectivity index (χ0v) is 22.0. The van der Waals surface area contributed by atoms with Gasteiger partial charge >= 0.3 is 0 Å². The number of carbonyl (C=O) groups excluding carboxylic acids is 3. The van der Waals surface area contributed by atoms with Crippen molar-refractivity contribution in [2.45, 2.75) is 13.8 Å². The van der Waals surface area contributed by atoms with Crippen LogP contribution >= 0.6 is 24.4 Å². The van der Waals surface area contributed by atoms with E-state index in [4.69, 9.17) is 33.9 Å². The molecule has 35 heavy (non-hydrogen) atoms. The Morgan fingerprint density at radius 2 is 1.43 bits per heavy atom. The fourth-order valence-electron chi connectivity index (χ4n) is 3.23. The smallest absolute Gasteiger partial charge is 0.250 e. The Labute approximate surface area is 215 Å². The first-order valence-electron chi connectivity index (χ1n) is 10.5. The monoisotopic (exact) mass is 516 g/mol. The number of methoxy groups -OCH3 is 2. The number of thiocarbonyl (C=S) groups is 2. The minimum absolute atomic E-state index is 0.178. The quantitative estimate of drug-likeness (QED) is 0.249. The standard InChI is InChI=1S/C24H28N4O5S2/c1-14-9-7-11-17(20(14)33-6)24(35)28(4)26-22(31)15(2)21(30)25-27(3)23(34)16-10-8-12-19(32-5)18(16)13-29/h7-13,15H,1-6H3,(H,25,30)(H,26,31). The molecule has 2 amide bonds. The summed E-state index contributed by atoms with van der Waals surface area (Å²) in [6.07, 6.45) is 0.633. The molecule has 186 valence electrons. The Bertz CT molecular complexity index is 1150. The average molecular weight is 517 g/mol. The van der Waals surface area contributed by atoms with Gasteiger partial charge in [0.15, 0.2) is 6.29 Å². The summed E-state index contributed by atoms with van der Waals surface area (Å²) < 4.78 is 10.6. The van der Waals surface area contributed by atoms with Crippen LogP contribution in [-0.2, 0) is 9.59 Å². The van der Waals surface area contributed by atoms with Crippen LogP contribution in [0, 0.1) is 12.8 Å². The molecule has 1 atom stereocenters. The summed E-state index contributed by atoms with van der Waals surface area (Å²) in [6.45, 7) is 3.34. The summed E-state index contributed by atoms with van der Waals surface area (Å²) in [7, 11) is 6.09. The summed E-state index contributed by atoms with van der Waals surface area (Å²) in [5, 5.41) is 2.63. The Morgan fingerprint density at radius 3 is 1.94 bits per heavy atom. The van der Waals surface area contributed by atoms with E-state index in [0.29, 0.717) is 33.9 Å². The lowest BCUT2D eigenvalue weighted by atomic mass is 10.1.